The molecule has 0 N–H and O–H groups in total. The molecule has 4 heteroatoms. The molecule has 0 aliphatic carbocycles. The van der Waals surface area contributed by atoms with Gasteiger partial charge in [-0.15, -0.1) is 0 Å². The molecule has 0 aliphatic heterocycles. The van der Waals surface area contributed by atoms with Crippen molar-refractivity contribution in [1.29, 1.82) is 0 Å². The lowest BCUT2D eigenvalue weighted by molar-refractivity contribution is -0.104. The molecule has 1 rings (SSSR count). The van der Waals surface area contributed by atoms with Crippen molar-refractivity contribution in [3.8, 4) is 0 Å². The Morgan fingerprint density at radius 1 is 0.833 bits per heavy atom. The minimum Gasteiger partial charge on any atom is -0.416 e. The number of aldehydes is 1. The van der Waals surface area contributed by atoms with Crippen LogP contribution in [0.3, 0.4) is 0 Å². The molecule has 0 unspecified atom stereocenters. The van der Waals surface area contributed by atoms with Crippen LogP contribution in [0, 0.1) is 20.8 Å². The Kier molecular flexibility index (Phi) is 11.0. The molecule has 0 radical (unpaired) electrons. The van der Waals surface area contributed by atoms with Gasteiger partial charge in [0.05, 0.1) is 8.07 Å². The summed E-state index contributed by atoms with van der Waals surface area (Å²) in [4.78, 5) is 12.6. The van der Waals surface area contributed by atoms with Gasteiger partial charge >= 0.3 is 0 Å². The molecule has 0 atom stereocenters. The smallest absolute Gasteiger partial charge is 0.191 e. The molecular weight excluding hydrogens is 400 g/mol. The van der Waals surface area contributed by atoms with Crippen LogP contribution < -0.4 is 0 Å². The third-order valence-corrected chi connectivity index (χ3v) is 18.0. The summed E-state index contributed by atoms with van der Waals surface area (Å²) in [5.41, 5.74) is 6.45. The maximum atomic E-state index is 12.6. The maximum absolute atomic E-state index is 12.6. The van der Waals surface area contributed by atoms with Crippen molar-refractivity contribution in [1.82, 2.24) is 0 Å². The highest BCUT2D eigenvalue weighted by molar-refractivity contribution is 6.90. The van der Waals surface area contributed by atoms with Gasteiger partial charge in [0.25, 0.3) is 0 Å². The first-order valence-electron chi connectivity index (χ1n) is 12.1. The molecule has 1 aromatic rings. The minimum absolute atomic E-state index is 0.739. The lowest BCUT2D eigenvalue weighted by atomic mass is 9.92. The summed E-state index contributed by atoms with van der Waals surface area (Å²) in [6, 6.07) is 11.4. The van der Waals surface area contributed by atoms with Crippen molar-refractivity contribution >= 4 is 28.3 Å². The van der Waals surface area contributed by atoms with Crippen molar-refractivity contribution in [2.75, 3.05) is 6.61 Å². The number of hydrogen-bond acceptors (Lipinski definition) is 2. The molecule has 0 bridgehead atoms. The molecule has 0 amide bonds. The third kappa shape index (κ3) is 5.83. The highest BCUT2D eigenvalue weighted by Crippen LogP contribution is 2.37. The van der Waals surface area contributed by atoms with Gasteiger partial charge in [-0.3, -0.25) is 4.79 Å². The first kappa shape index (κ1) is 27.1. The first-order chi connectivity index (χ1) is 14.2. The average Bonchev–Trinajstić information content (AvgIpc) is 2.74. The van der Waals surface area contributed by atoms with Gasteiger partial charge in [-0.2, -0.15) is 0 Å². The maximum Gasteiger partial charge on any atom is 0.191 e. The van der Waals surface area contributed by atoms with Gasteiger partial charge in [-0.05, 0) is 72.8 Å². The summed E-state index contributed by atoms with van der Waals surface area (Å²) < 4.78 is 6.65. The Labute approximate surface area is 188 Å². The second-order valence-electron chi connectivity index (χ2n) is 8.97. The highest BCUT2D eigenvalue weighted by atomic mass is 28.4. The van der Waals surface area contributed by atoms with E-state index in [1.807, 2.05) is 0 Å². The van der Waals surface area contributed by atoms with Crippen molar-refractivity contribution in [3.63, 3.8) is 0 Å². The van der Waals surface area contributed by atoms with Crippen LogP contribution in [0.5, 0.6) is 0 Å². The second-order valence-corrected chi connectivity index (χ2v) is 19.0. The minimum atomic E-state index is -1.81. The van der Waals surface area contributed by atoms with Crippen LogP contribution in [0.2, 0.25) is 36.3 Å². The van der Waals surface area contributed by atoms with Crippen LogP contribution in [0.15, 0.2) is 17.3 Å². The van der Waals surface area contributed by atoms with Gasteiger partial charge in [-0.1, -0.05) is 77.4 Å². The van der Waals surface area contributed by atoms with Gasteiger partial charge in [0, 0.05) is 6.61 Å². The summed E-state index contributed by atoms with van der Waals surface area (Å²) in [7, 11) is -3.44. The fourth-order valence-electron chi connectivity index (χ4n) is 5.31. The zero-order valence-corrected chi connectivity index (χ0v) is 23.2. The van der Waals surface area contributed by atoms with Crippen molar-refractivity contribution in [2.45, 2.75) is 105 Å². The number of hydrogen-bond donors (Lipinski definition) is 0. The lowest BCUT2D eigenvalue weighted by Gasteiger charge is -2.33. The number of rotatable bonds is 13. The van der Waals surface area contributed by atoms with Gasteiger partial charge < -0.3 is 4.43 Å². The van der Waals surface area contributed by atoms with Crippen LogP contribution in [0.1, 0.15) is 70.2 Å². The zero-order chi connectivity index (χ0) is 22.9. The highest BCUT2D eigenvalue weighted by Gasteiger charge is 2.35. The van der Waals surface area contributed by atoms with E-state index in [0.29, 0.717) is 0 Å². The van der Waals surface area contributed by atoms with Crippen LogP contribution >= 0.6 is 0 Å². The lowest BCUT2D eigenvalue weighted by Crippen LogP contribution is -2.37. The molecule has 0 aliphatic rings. The van der Waals surface area contributed by atoms with Gasteiger partial charge in [0.1, 0.15) is 6.29 Å². The summed E-state index contributed by atoms with van der Waals surface area (Å²) in [6.45, 7) is 21.0. The fourth-order valence-corrected chi connectivity index (χ4v) is 11.7. The summed E-state index contributed by atoms with van der Waals surface area (Å²) in [5.74, 6) is 0. The van der Waals surface area contributed by atoms with Crippen molar-refractivity contribution in [3.05, 3.63) is 39.6 Å². The molecule has 0 saturated heterocycles. The number of aryl methyl sites for hydroxylation is 3. The summed E-state index contributed by atoms with van der Waals surface area (Å²) in [5, 5.41) is 1.14. The van der Waals surface area contributed by atoms with Gasteiger partial charge in [0.15, 0.2) is 8.32 Å². The Balaban J connectivity index is 3.60. The zero-order valence-electron chi connectivity index (χ0n) is 21.2. The largest absolute Gasteiger partial charge is 0.416 e. The molecule has 0 fully saturated rings. The van der Waals surface area contributed by atoms with E-state index < -0.39 is 16.4 Å². The molecule has 30 heavy (non-hydrogen) atoms. The predicted molar refractivity (Wildman–Crippen MR) is 139 cm³/mol. The topological polar surface area (TPSA) is 26.3 Å². The molecule has 1 aromatic carbocycles. The van der Waals surface area contributed by atoms with Crippen molar-refractivity contribution in [2.24, 2.45) is 0 Å². The Hall–Kier alpha value is -0.976. The van der Waals surface area contributed by atoms with E-state index in [9.17, 15) is 4.79 Å². The fraction of sp³-hybridized carbons (Fsp3) is 0.654. The molecule has 170 valence electrons. The normalized spacial score (nSPS) is 13.4. The molecule has 0 heterocycles. The van der Waals surface area contributed by atoms with E-state index in [-0.39, 0.29) is 0 Å². The summed E-state index contributed by atoms with van der Waals surface area (Å²) >= 11 is 0. The van der Waals surface area contributed by atoms with E-state index in [1.165, 1.54) is 52.2 Å². The molecule has 0 spiro atoms. The average molecular weight is 447 g/mol. The quantitative estimate of drug-likeness (QED) is 0.174. The van der Waals surface area contributed by atoms with Crippen LogP contribution in [-0.2, 0) is 9.22 Å². The number of benzene rings is 1. The molecule has 0 saturated carbocycles. The SMILES string of the molecule is CC[Si](CC)(CC)OCC/C(=C(/C=O)[Si](CC)(CC)CC)c1c(C)cc(C)cc1C. The standard InChI is InChI=1S/C26H46O2Si2/c1-10-29(11-2,12-3)25(20-27)24(16-17-28-30(13-4,14-5)15-6)26-22(8)18-21(7)19-23(26)9/h18-20H,10-17H2,1-9H3/b25-24+. The summed E-state index contributed by atoms with van der Waals surface area (Å²) in [6.07, 6.45) is 2.07. The van der Waals surface area contributed by atoms with Gasteiger partial charge in [0.2, 0.25) is 0 Å². The van der Waals surface area contributed by atoms with E-state index in [4.69, 9.17) is 4.43 Å². The molecule has 2 nitrogen and oxygen atoms in total. The predicted octanol–water partition coefficient (Wildman–Crippen LogP) is 8.02. The number of carbonyl (C=O) groups excluding carboxylic acids is 1. The Morgan fingerprint density at radius 2 is 1.30 bits per heavy atom. The number of allylic oxidation sites excluding steroid dienone is 1. The third-order valence-electron chi connectivity index (χ3n) is 7.72. The van der Waals surface area contributed by atoms with E-state index >= 15 is 0 Å². The van der Waals surface area contributed by atoms with Crippen LogP contribution in [0.4, 0.5) is 0 Å². The number of carbonyl (C=O) groups is 1. The van der Waals surface area contributed by atoms with Crippen LogP contribution in [0.25, 0.3) is 5.57 Å². The van der Waals surface area contributed by atoms with E-state index in [0.717, 1.165) is 36.4 Å². The van der Waals surface area contributed by atoms with E-state index in [2.05, 4.69) is 74.4 Å². The van der Waals surface area contributed by atoms with Crippen molar-refractivity contribution < 1.29 is 9.22 Å². The first-order valence-corrected chi connectivity index (χ1v) is 17.3. The Bertz CT molecular complexity index is 689. The molecule has 0 aromatic heterocycles. The Morgan fingerprint density at radius 3 is 1.67 bits per heavy atom. The van der Waals surface area contributed by atoms with Gasteiger partial charge in [-0.25, -0.2) is 0 Å². The molecular formula is C26H46O2Si2. The second kappa shape index (κ2) is 12.2. The van der Waals surface area contributed by atoms with Crippen LogP contribution in [-0.4, -0.2) is 29.3 Å². The van der Waals surface area contributed by atoms with E-state index in [1.54, 1.807) is 0 Å². The monoisotopic (exact) mass is 446 g/mol.